The quantitative estimate of drug-likeness (QED) is 0.777. The van der Waals surface area contributed by atoms with Gasteiger partial charge >= 0.3 is 6.18 Å². The summed E-state index contributed by atoms with van der Waals surface area (Å²) in [5.74, 6) is -3.11. The second-order valence-corrected chi connectivity index (χ2v) is 5.51. The van der Waals surface area contributed by atoms with Crippen LogP contribution in [-0.2, 0) is 7.05 Å². The van der Waals surface area contributed by atoms with E-state index < -0.39 is 23.8 Å². The van der Waals surface area contributed by atoms with Crippen LogP contribution in [0.3, 0.4) is 0 Å². The number of halogens is 4. The van der Waals surface area contributed by atoms with Crippen molar-refractivity contribution < 1.29 is 18.0 Å². The van der Waals surface area contributed by atoms with E-state index in [4.69, 9.17) is 0 Å². The second-order valence-electron chi connectivity index (χ2n) is 4.76. The lowest BCUT2D eigenvalue weighted by Gasteiger charge is -2.31. The number of carbonyl (C=O) groups excluding carboxylic acids is 1. The molecule has 2 unspecified atom stereocenters. The third kappa shape index (κ3) is 2.82. The third-order valence-electron chi connectivity index (χ3n) is 3.54. The topological polar surface area (TPSA) is 47.8 Å². The Kier molecular flexibility index (Phi) is 3.98. The van der Waals surface area contributed by atoms with Gasteiger partial charge < -0.3 is 0 Å². The minimum atomic E-state index is -4.33. The first-order chi connectivity index (χ1) is 8.82. The monoisotopic (exact) mass is 339 g/mol. The molecule has 0 aliphatic heterocycles. The molecule has 0 amide bonds. The van der Waals surface area contributed by atoms with Crippen LogP contribution in [0.5, 0.6) is 0 Å². The molecule has 0 radical (unpaired) electrons. The average Bonchev–Trinajstić information content (AvgIpc) is 2.67. The first-order valence-corrected chi connectivity index (χ1v) is 6.77. The molecule has 1 aliphatic rings. The lowest BCUT2D eigenvalue weighted by Crippen LogP contribution is -2.38. The predicted molar refractivity (Wildman–Crippen MR) is 64.5 cm³/mol. The van der Waals surface area contributed by atoms with Gasteiger partial charge in [0.25, 0.3) is 0 Å². The van der Waals surface area contributed by atoms with Gasteiger partial charge in [0.2, 0.25) is 0 Å². The summed E-state index contributed by atoms with van der Waals surface area (Å²) in [5.41, 5.74) is 0.112. The van der Waals surface area contributed by atoms with E-state index in [-0.39, 0.29) is 23.1 Å². The molecule has 1 saturated carbocycles. The maximum atomic E-state index is 13.0. The fourth-order valence-corrected chi connectivity index (χ4v) is 3.13. The van der Waals surface area contributed by atoms with Gasteiger partial charge in [-0.25, -0.2) is 4.68 Å². The van der Waals surface area contributed by atoms with Crippen molar-refractivity contribution in [2.45, 2.75) is 31.9 Å². The lowest BCUT2D eigenvalue weighted by atomic mass is 9.76. The minimum absolute atomic E-state index is 0.0167. The Morgan fingerprint density at radius 1 is 1.37 bits per heavy atom. The van der Waals surface area contributed by atoms with Gasteiger partial charge in [-0.3, -0.25) is 4.79 Å². The fraction of sp³-hybridized carbons (Fsp3) is 0.727. The second kappa shape index (κ2) is 5.22. The summed E-state index contributed by atoms with van der Waals surface area (Å²) in [6.45, 7) is 0. The van der Waals surface area contributed by atoms with Crippen molar-refractivity contribution in [2.24, 2.45) is 18.9 Å². The van der Waals surface area contributed by atoms with Gasteiger partial charge in [-0.1, -0.05) is 18.1 Å². The van der Waals surface area contributed by atoms with E-state index in [0.717, 1.165) is 0 Å². The van der Waals surface area contributed by atoms with Crippen molar-refractivity contribution in [1.29, 1.82) is 0 Å². The molecule has 1 fully saturated rings. The molecule has 0 N–H and O–H groups in total. The Bertz CT molecular complexity index is 467. The Balaban J connectivity index is 2.31. The van der Waals surface area contributed by atoms with Gasteiger partial charge in [0, 0.05) is 13.0 Å². The molecule has 8 heteroatoms. The number of carbonyl (C=O) groups is 1. The van der Waals surface area contributed by atoms with Crippen LogP contribution in [0.1, 0.15) is 36.2 Å². The van der Waals surface area contributed by atoms with Gasteiger partial charge in [0.05, 0.1) is 5.92 Å². The molecule has 1 aliphatic carbocycles. The zero-order chi connectivity index (χ0) is 14.2. The molecule has 4 nitrogen and oxygen atoms in total. The summed E-state index contributed by atoms with van der Waals surface area (Å²) in [6, 6.07) is 0. The number of aryl methyl sites for hydroxylation is 1. The molecular weight excluding hydrogens is 327 g/mol. The maximum absolute atomic E-state index is 13.0. The molecule has 1 aromatic rings. The first kappa shape index (κ1) is 14.5. The molecule has 1 heterocycles. The van der Waals surface area contributed by atoms with Crippen molar-refractivity contribution in [3.8, 4) is 0 Å². The fourth-order valence-electron chi connectivity index (χ4n) is 2.61. The van der Waals surface area contributed by atoms with Crippen LogP contribution in [-0.4, -0.2) is 27.0 Å². The summed E-state index contributed by atoms with van der Waals surface area (Å²) in [6.07, 6.45) is -2.90. The summed E-state index contributed by atoms with van der Waals surface area (Å²) in [4.78, 5) is 12.3. The number of hydrogen-bond acceptors (Lipinski definition) is 3. The van der Waals surface area contributed by atoms with E-state index in [1.54, 1.807) is 0 Å². The largest absolute Gasteiger partial charge is 0.392 e. The SMILES string of the molecule is Cn1nnc(Br)c1C(=O)C1CCCCC1C(F)(F)F. The van der Waals surface area contributed by atoms with Crippen LogP contribution in [0.25, 0.3) is 0 Å². The van der Waals surface area contributed by atoms with Crippen molar-refractivity contribution in [2.75, 3.05) is 0 Å². The summed E-state index contributed by atoms with van der Waals surface area (Å²) in [5, 5.41) is 7.28. The van der Waals surface area contributed by atoms with E-state index in [0.29, 0.717) is 12.8 Å². The number of rotatable bonds is 2. The zero-order valence-electron chi connectivity index (χ0n) is 10.2. The number of hydrogen-bond donors (Lipinski definition) is 0. The predicted octanol–water partition coefficient (Wildman–Crippen LogP) is 3.13. The molecule has 0 saturated heterocycles. The van der Waals surface area contributed by atoms with E-state index in [1.165, 1.54) is 11.7 Å². The molecule has 0 bridgehead atoms. The summed E-state index contributed by atoms with van der Waals surface area (Å²) >= 11 is 3.06. The number of ketones is 1. The Hall–Kier alpha value is -0.920. The highest BCUT2D eigenvalue weighted by Gasteiger charge is 2.48. The molecule has 19 heavy (non-hydrogen) atoms. The molecule has 0 aromatic carbocycles. The average molecular weight is 340 g/mol. The van der Waals surface area contributed by atoms with Crippen molar-refractivity contribution in [3.05, 3.63) is 10.3 Å². The Morgan fingerprint density at radius 2 is 2.00 bits per heavy atom. The highest BCUT2D eigenvalue weighted by Crippen LogP contribution is 2.43. The van der Waals surface area contributed by atoms with Gasteiger partial charge in [0.15, 0.2) is 10.4 Å². The van der Waals surface area contributed by atoms with Gasteiger partial charge in [0.1, 0.15) is 5.69 Å². The van der Waals surface area contributed by atoms with Gasteiger partial charge in [-0.15, -0.1) is 5.10 Å². The zero-order valence-corrected chi connectivity index (χ0v) is 11.8. The van der Waals surface area contributed by atoms with Crippen LogP contribution < -0.4 is 0 Å². The van der Waals surface area contributed by atoms with Crippen LogP contribution in [0.15, 0.2) is 4.60 Å². The number of Topliss-reactive ketones (excluding diaryl/α,β-unsaturated/α-hetero) is 1. The Morgan fingerprint density at radius 3 is 2.53 bits per heavy atom. The molecule has 2 atom stereocenters. The Labute approximate surface area is 116 Å². The number of aromatic nitrogens is 3. The molecular formula is C11H13BrF3N3O. The normalized spacial score (nSPS) is 24.5. The third-order valence-corrected chi connectivity index (χ3v) is 4.08. The smallest absolute Gasteiger partial charge is 0.292 e. The van der Waals surface area contributed by atoms with E-state index in [1.807, 2.05) is 0 Å². The van der Waals surface area contributed by atoms with E-state index in [2.05, 4.69) is 26.2 Å². The lowest BCUT2D eigenvalue weighted by molar-refractivity contribution is -0.191. The van der Waals surface area contributed by atoms with Crippen molar-refractivity contribution in [1.82, 2.24) is 15.0 Å². The molecule has 2 rings (SSSR count). The molecule has 0 spiro atoms. The first-order valence-electron chi connectivity index (χ1n) is 5.98. The molecule has 106 valence electrons. The van der Waals surface area contributed by atoms with Gasteiger partial charge in [-0.05, 0) is 28.8 Å². The number of nitrogens with zero attached hydrogens (tertiary/aromatic N) is 3. The van der Waals surface area contributed by atoms with Gasteiger partial charge in [-0.2, -0.15) is 13.2 Å². The van der Waals surface area contributed by atoms with Crippen LogP contribution in [0.4, 0.5) is 13.2 Å². The summed E-state index contributed by atoms with van der Waals surface area (Å²) in [7, 11) is 1.50. The van der Waals surface area contributed by atoms with E-state index >= 15 is 0 Å². The van der Waals surface area contributed by atoms with Crippen molar-refractivity contribution >= 4 is 21.7 Å². The number of alkyl halides is 3. The van der Waals surface area contributed by atoms with Crippen molar-refractivity contribution in [3.63, 3.8) is 0 Å². The minimum Gasteiger partial charge on any atom is -0.292 e. The summed E-state index contributed by atoms with van der Waals surface area (Å²) < 4.78 is 40.4. The highest BCUT2D eigenvalue weighted by atomic mass is 79.9. The van der Waals surface area contributed by atoms with Crippen LogP contribution >= 0.6 is 15.9 Å². The highest BCUT2D eigenvalue weighted by molar-refractivity contribution is 9.10. The maximum Gasteiger partial charge on any atom is 0.392 e. The molecule has 1 aromatic heterocycles. The van der Waals surface area contributed by atoms with Crippen LogP contribution in [0.2, 0.25) is 0 Å². The van der Waals surface area contributed by atoms with E-state index in [9.17, 15) is 18.0 Å². The standard InChI is InChI=1S/C11H13BrF3N3O/c1-18-8(10(12)16-17-18)9(19)6-4-2-3-5-7(6)11(13,14)15/h6-7H,2-5H2,1H3. The van der Waals surface area contributed by atoms with Crippen LogP contribution in [0, 0.1) is 11.8 Å².